The van der Waals surface area contributed by atoms with Gasteiger partial charge in [-0.05, 0) is 36.1 Å². The van der Waals surface area contributed by atoms with Gasteiger partial charge in [-0.3, -0.25) is 4.79 Å². The first-order valence-electron chi connectivity index (χ1n) is 7.21. The zero-order valence-corrected chi connectivity index (χ0v) is 12.1. The summed E-state index contributed by atoms with van der Waals surface area (Å²) < 4.78 is 0. The van der Waals surface area contributed by atoms with Crippen molar-refractivity contribution in [1.29, 1.82) is 0 Å². The van der Waals surface area contributed by atoms with Crippen LogP contribution in [0.25, 0.3) is 11.1 Å². The second kappa shape index (κ2) is 6.90. The Morgan fingerprint density at radius 2 is 1.45 bits per heavy atom. The smallest absolute Gasteiger partial charge is 0.251 e. The number of carbonyl (C=O) groups is 1. The number of benzene rings is 2. The van der Waals surface area contributed by atoms with Crippen molar-refractivity contribution < 1.29 is 4.79 Å². The van der Waals surface area contributed by atoms with E-state index in [0.717, 1.165) is 24.0 Å². The maximum absolute atomic E-state index is 12.1. The summed E-state index contributed by atoms with van der Waals surface area (Å²) in [5.74, 6) is 0.0123. The molecule has 0 radical (unpaired) electrons. The van der Waals surface area contributed by atoms with Crippen LogP contribution in [0.15, 0.2) is 54.6 Å². The van der Waals surface area contributed by atoms with Crippen molar-refractivity contribution >= 4 is 5.91 Å². The molecule has 0 bridgehead atoms. The highest BCUT2D eigenvalue weighted by Gasteiger charge is 2.10. The number of rotatable bonds is 5. The molecule has 0 aliphatic carbocycles. The van der Waals surface area contributed by atoms with E-state index in [1.54, 1.807) is 0 Å². The van der Waals surface area contributed by atoms with Crippen molar-refractivity contribution in [2.75, 3.05) is 0 Å². The Kier molecular flexibility index (Phi) is 4.94. The van der Waals surface area contributed by atoms with Crippen LogP contribution < -0.4 is 5.32 Å². The minimum atomic E-state index is 0.0123. The maximum atomic E-state index is 12.1. The lowest BCUT2D eigenvalue weighted by Crippen LogP contribution is -2.33. The first-order valence-corrected chi connectivity index (χ1v) is 7.21. The van der Waals surface area contributed by atoms with Crippen molar-refractivity contribution in [2.24, 2.45) is 0 Å². The zero-order chi connectivity index (χ0) is 14.4. The summed E-state index contributed by atoms with van der Waals surface area (Å²) in [6.07, 6.45) is 1.93. The third kappa shape index (κ3) is 3.47. The molecular formula is C18H21NO. The fraction of sp³-hybridized carbons (Fsp3) is 0.278. The van der Waals surface area contributed by atoms with E-state index in [1.807, 2.05) is 42.5 Å². The Labute approximate surface area is 120 Å². The molecule has 2 aromatic carbocycles. The van der Waals surface area contributed by atoms with Crippen LogP contribution in [0, 0.1) is 0 Å². The van der Waals surface area contributed by atoms with Gasteiger partial charge in [-0.2, -0.15) is 0 Å². The molecular weight excluding hydrogens is 246 g/mol. The lowest BCUT2D eigenvalue weighted by Gasteiger charge is -2.14. The van der Waals surface area contributed by atoms with Gasteiger partial charge in [-0.1, -0.05) is 56.3 Å². The van der Waals surface area contributed by atoms with Gasteiger partial charge < -0.3 is 5.32 Å². The van der Waals surface area contributed by atoms with Gasteiger partial charge in [0.1, 0.15) is 0 Å². The Morgan fingerprint density at radius 1 is 0.900 bits per heavy atom. The van der Waals surface area contributed by atoms with Crippen molar-refractivity contribution in [2.45, 2.75) is 32.7 Å². The van der Waals surface area contributed by atoms with Crippen LogP contribution >= 0.6 is 0 Å². The van der Waals surface area contributed by atoms with Gasteiger partial charge in [-0.15, -0.1) is 0 Å². The van der Waals surface area contributed by atoms with Crippen LogP contribution in [-0.4, -0.2) is 11.9 Å². The third-order valence-corrected chi connectivity index (χ3v) is 3.58. The van der Waals surface area contributed by atoms with Crippen molar-refractivity contribution in [3.8, 4) is 11.1 Å². The summed E-state index contributed by atoms with van der Waals surface area (Å²) in [5.41, 5.74) is 3.01. The summed E-state index contributed by atoms with van der Waals surface area (Å²) in [4.78, 5) is 12.1. The minimum Gasteiger partial charge on any atom is -0.349 e. The van der Waals surface area contributed by atoms with E-state index in [9.17, 15) is 4.79 Å². The van der Waals surface area contributed by atoms with E-state index in [2.05, 4.69) is 31.3 Å². The maximum Gasteiger partial charge on any atom is 0.251 e. The summed E-state index contributed by atoms with van der Waals surface area (Å²) in [7, 11) is 0. The molecule has 20 heavy (non-hydrogen) atoms. The minimum absolute atomic E-state index is 0.0123. The molecule has 0 aliphatic rings. The van der Waals surface area contributed by atoms with Crippen LogP contribution in [0.5, 0.6) is 0 Å². The van der Waals surface area contributed by atoms with E-state index in [1.165, 1.54) is 5.56 Å². The second-order valence-electron chi connectivity index (χ2n) is 4.93. The number of hydrogen-bond acceptors (Lipinski definition) is 1. The molecule has 0 aromatic heterocycles. The van der Waals surface area contributed by atoms with Crippen LogP contribution in [0.2, 0.25) is 0 Å². The molecule has 1 N–H and O–H groups in total. The molecule has 0 heterocycles. The topological polar surface area (TPSA) is 29.1 Å². The standard InChI is InChI=1S/C18H21NO/c1-3-17(4-2)19-18(20)16-12-10-15(11-13-16)14-8-6-5-7-9-14/h5-13,17H,3-4H2,1-2H3,(H,19,20). The fourth-order valence-corrected chi connectivity index (χ4v) is 2.21. The largest absolute Gasteiger partial charge is 0.349 e. The van der Waals surface area contributed by atoms with E-state index in [0.29, 0.717) is 0 Å². The van der Waals surface area contributed by atoms with Gasteiger partial charge in [0.25, 0.3) is 5.91 Å². The van der Waals surface area contributed by atoms with E-state index < -0.39 is 0 Å². The predicted molar refractivity (Wildman–Crippen MR) is 83.7 cm³/mol. The van der Waals surface area contributed by atoms with Crippen LogP contribution in [0.3, 0.4) is 0 Å². The van der Waals surface area contributed by atoms with Crippen LogP contribution in [-0.2, 0) is 0 Å². The number of carbonyl (C=O) groups excluding carboxylic acids is 1. The molecule has 0 spiro atoms. The normalized spacial score (nSPS) is 10.6. The molecule has 0 atom stereocenters. The quantitative estimate of drug-likeness (QED) is 0.861. The highest BCUT2D eigenvalue weighted by molar-refractivity contribution is 5.94. The lowest BCUT2D eigenvalue weighted by molar-refractivity contribution is 0.0935. The molecule has 2 aromatic rings. The van der Waals surface area contributed by atoms with Gasteiger partial charge in [0.05, 0.1) is 0 Å². The van der Waals surface area contributed by atoms with Gasteiger partial charge in [0.15, 0.2) is 0 Å². The first kappa shape index (κ1) is 14.3. The third-order valence-electron chi connectivity index (χ3n) is 3.58. The monoisotopic (exact) mass is 267 g/mol. The summed E-state index contributed by atoms with van der Waals surface area (Å²) >= 11 is 0. The van der Waals surface area contributed by atoms with Crippen molar-refractivity contribution in [3.05, 3.63) is 60.2 Å². The SMILES string of the molecule is CCC(CC)NC(=O)c1ccc(-c2ccccc2)cc1. The van der Waals surface area contributed by atoms with E-state index in [-0.39, 0.29) is 11.9 Å². The van der Waals surface area contributed by atoms with Crippen molar-refractivity contribution in [3.63, 3.8) is 0 Å². The molecule has 0 saturated heterocycles. The van der Waals surface area contributed by atoms with Crippen molar-refractivity contribution in [1.82, 2.24) is 5.32 Å². The predicted octanol–water partition coefficient (Wildman–Crippen LogP) is 4.27. The van der Waals surface area contributed by atoms with Gasteiger partial charge >= 0.3 is 0 Å². The lowest BCUT2D eigenvalue weighted by atomic mass is 10.0. The molecule has 2 rings (SSSR count). The Morgan fingerprint density at radius 3 is 2.00 bits per heavy atom. The van der Waals surface area contributed by atoms with Crippen LogP contribution in [0.4, 0.5) is 0 Å². The Bertz CT molecular complexity index is 541. The number of nitrogens with one attached hydrogen (secondary N) is 1. The van der Waals surface area contributed by atoms with Gasteiger partial charge in [0, 0.05) is 11.6 Å². The number of amides is 1. The second-order valence-corrected chi connectivity index (χ2v) is 4.93. The first-order chi connectivity index (χ1) is 9.74. The molecule has 0 unspecified atom stereocenters. The average molecular weight is 267 g/mol. The molecule has 2 nitrogen and oxygen atoms in total. The molecule has 0 saturated carbocycles. The highest BCUT2D eigenvalue weighted by atomic mass is 16.1. The number of hydrogen-bond donors (Lipinski definition) is 1. The molecule has 0 aliphatic heterocycles. The zero-order valence-electron chi connectivity index (χ0n) is 12.1. The fourth-order valence-electron chi connectivity index (χ4n) is 2.21. The Hall–Kier alpha value is -2.09. The molecule has 1 amide bonds. The van der Waals surface area contributed by atoms with E-state index in [4.69, 9.17) is 0 Å². The average Bonchev–Trinajstić information content (AvgIpc) is 2.53. The van der Waals surface area contributed by atoms with Crippen LogP contribution in [0.1, 0.15) is 37.0 Å². The summed E-state index contributed by atoms with van der Waals surface area (Å²) in [6.45, 7) is 4.18. The summed E-state index contributed by atoms with van der Waals surface area (Å²) in [5, 5.41) is 3.05. The molecule has 2 heteroatoms. The van der Waals surface area contributed by atoms with Gasteiger partial charge in [-0.25, -0.2) is 0 Å². The van der Waals surface area contributed by atoms with E-state index >= 15 is 0 Å². The highest BCUT2D eigenvalue weighted by Crippen LogP contribution is 2.19. The molecule has 0 fully saturated rings. The summed E-state index contributed by atoms with van der Waals surface area (Å²) in [6, 6.07) is 18.2. The van der Waals surface area contributed by atoms with Gasteiger partial charge in [0.2, 0.25) is 0 Å². The molecule has 104 valence electrons. The Balaban J connectivity index is 2.10.